The van der Waals surface area contributed by atoms with Crippen LogP contribution in [0.5, 0.6) is 0 Å². The van der Waals surface area contributed by atoms with Gasteiger partial charge in [-0.15, -0.1) is 0 Å². The Kier molecular flexibility index (Phi) is 6.61. The summed E-state index contributed by atoms with van der Waals surface area (Å²) < 4.78 is 13.2. The minimum atomic E-state index is -0.389. The molecule has 33 heavy (non-hydrogen) atoms. The lowest BCUT2D eigenvalue weighted by Gasteiger charge is -2.15. The molecule has 0 saturated heterocycles. The molecule has 0 aromatic heterocycles. The number of carbonyl (C=O) groups is 2. The molecule has 1 heterocycles. The first-order valence-corrected chi connectivity index (χ1v) is 11.2. The van der Waals surface area contributed by atoms with Gasteiger partial charge >= 0.3 is 0 Å². The highest BCUT2D eigenvalue weighted by molar-refractivity contribution is 6.36. The van der Waals surface area contributed by atoms with E-state index in [1.54, 1.807) is 36.4 Å². The van der Waals surface area contributed by atoms with E-state index in [9.17, 15) is 14.0 Å². The molecule has 3 aromatic carbocycles. The molecule has 6 heteroatoms. The Morgan fingerprint density at radius 2 is 1.52 bits per heavy atom. The van der Waals surface area contributed by atoms with Crippen molar-refractivity contribution in [3.8, 4) is 0 Å². The average molecular weight is 463 g/mol. The zero-order valence-electron chi connectivity index (χ0n) is 18.4. The van der Waals surface area contributed by atoms with Gasteiger partial charge in [-0.05, 0) is 65.4 Å². The third-order valence-corrected chi connectivity index (χ3v) is 5.94. The van der Waals surface area contributed by atoms with Crippen LogP contribution >= 0.6 is 11.6 Å². The Labute approximate surface area is 197 Å². The third-order valence-electron chi connectivity index (χ3n) is 5.68. The SMILES string of the molecule is CC(C)c1ccc(NC2=C(c3ccc(Cl)cc3)C(=O)N(CCc3ccc(F)cc3)C2=O)cc1. The van der Waals surface area contributed by atoms with Crippen molar-refractivity contribution in [2.45, 2.75) is 26.2 Å². The van der Waals surface area contributed by atoms with Crippen molar-refractivity contribution in [3.63, 3.8) is 0 Å². The van der Waals surface area contributed by atoms with Crippen molar-refractivity contribution >= 4 is 34.7 Å². The van der Waals surface area contributed by atoms with Gasteiger partial charge in [-0.2, -0.15) is 0 Å². The molecule has 0 saturated carbocycles. The standard InChI is InChI=1S/C27H24ClFN2O2/c1-17(2)19-7-13-23(14-8-19)30-25-24(20-5-9-21(28)10-6-20)26(32)31(27(25)33)16-15-18-3-11-22(29)12-4-18/h3-14,17,30H,15-16H2,1-2H3. The summed E-state index contributed by atoms with van der Waals surface area (Å²) >= 11 is 6.03. The molecule has 2 amide bonds. The Bertz CT molecular complexity index is 1200. The van der Waals surface area contributed by atoms with Gasteiger partial charge < -0.3 is 5.32 Å². The second-order valence-corrected chi connectivity index (χ2v) is 8.73. The molecular weight excluding hydrogens is 439 g/mol. The summed E-state index contributed by atoms with van der Waals surface area (Å²) in [6.45, 7) is 4.42. The van der Waals surface area contributed by atoms with Crippen LogP contribution in [0, 0.1) is 5.82 Å². The number of hydrogen-bond donors (Lipinski definition) is 1. The van der Waals surface area contributed by atoms with Gasteiger partial charge in [0.15, 0.2) is 0 Å². The molecule has 0 aliphatic carbocycles. The normalized spacial score (nSPS) is 13.9. The van der Waals surface area contributed by atoms with Crippen LogP contribution in [0.15, 0.2) is 78.5 Å². The molecule has 0 bridgehead atoms. The van der Waals surface area contributed by atoms with E-state index in [1.165, 1.54) is 22.6 Å². The smallest absolute Gasteiger partial charge is 0.278 e. The average Bonchev–Trinajstić information content (AvgIpc) is 3.03. The van der Waals surface area contributed by atoms with Gasteiger partial charge in [-0.3, -0.25) is 14.5 Å². The van der Waals surface area contributed by atoms with Gasteiger partial charge in [0.2, 0.25) is 0 Å². The quantitative estimate of drug-likeness (QED) is 0.435. The maximum Gasteiger partial charge on any atom is 0.278 e. The number of benzene rings is 3. The first-order valence-electron chi connectivity index (χ1n) is 10.8. The Morgan fingerprint density at radius 3 is 2.12 bits per heavy atom. The van der Waals surface area contributed by atoms with Crippen LogP contribution in [0.2, 0.25) is 5.02 Å². The van der Waals surface area contributed by atoms with Gasteiger partial charge in [-0.25, -0.2) is 4.39 Å². The fourth-order valence-corrected chi connectivity index (χ4v) is 3.89. The lowest BCUT2D eigenvalue weighted by Crippen LogP contribution is -2.34. The molecule has 0 atom stereocenters. The summed E-state index contributed by atoms with van der Waals surface area (Å²) in [6.07, 6.45) is 0.433. The molecule has 4 rings (SSSR count). The van der Waals surface area contributed by atoms with Gasteiger partial charge in [0.1, 0.15) is 11.5 Å². The van der Waals surface area contributed by atoms with E-state index in [0.717, 1.165) is 11.3 Å². The maximum atomic E-state index is 13.3. The number of carbonyl (C=O) groups excluding carboxylic acids is 2. The predicted molar refractivity (Wildman–Crippen MR) is 129 cm³/mol. The highest BCUT2D eigenvalue weighted by Crippen LogP contribution is 2.31. The van der Waals surface area contributed by atoms with E-state index < -0.39 is 0 Å². The third kappa shape index (κ3) is 4.99. The summed E-state index contributed by atoms with van der Waals surface area (Å²) in [4.78, 5) is 27.9. The summed E-state index contributed by atoms with van der Waals surface area (Å²) in [5, 5.41) is 3.72. The van der Waals surface area contributed by atoms with E-state index in [2.05, 4.69) is 19.2 Å². The predicted octanol–water partition coefficient (Wildman–Crippen LogP) is 6.04. The van der Waals surface area contributed by atoms with Crippen LogP contribution in [-0.4, -0.2) is 23.3 Å². The van der Waals surface area contributed by atoms with Crippen molar-refractivity contribution in [3.05, 3.63) is 106 Å². The number of imide groups is 1. The molecule has 0 unspecified atom stereocenters. The van der Waals surface area contributed by atoms with Crippen LogP contribution in [0.3, 0.4) is 0 Å². The molecule has 3 aromatic rings. The highest BCUT2D eigenvalue weighted by Gasteiger charge is 2.38. The van der Waals surface area contributed by atoms with Crippen molar-refractivity contribution in [2.75, 3.05) is 11.9 Å². The first-order chi connectivity index (χ1) is 15.8. The number of nitrogens with zero attached hydrogens (tertiary/aromatic N) is 1. The number of amides is 2. The molecule has 1 aliphatic rings. The largest absolute Gasteiger partial charge is 0.350 e. The monoisotopic (exact) mass is 462 g/mol. The molecule has 1 aliphatic heterocycles. The summed E-state index contributed by atoms with van der Waals surface area (Å²) in [7, 11) is 0. The van der Waals surface area contributed by atoms with Crippen molar-refractivity contribution < 1.29 is 14.0 Å². The van der Waals surface area contributed by atoms with E-state index in [0.29, 0.717) is 28.5 Å². The Hall–Kier alpha value is -3.44. The summed E-state index contributed by atoms with van der Waals surface area (Å²) in [6, 6.07) is 20.7. The second-order valence-electron chi connectivity index (χ2n) is 8.30. The van der Waals surface area contributed by atoms with Gasteiger partial charge in [0.05, 0.1) is 5.57 Å². The molecule has 0 radical (unpaired) electrons. The Morgan fingerprint density at radius 1 is 0.879 bits per heavy atom. The minimum absolute atomic E-state index is 0.192. The van der Waals surface area contributed by atoms with Crippen LogP contribution in [0.25, 0.3) is 5.57 Å². The van der Waals surface area contributed by atoms with Crippen molar-refractivity contribution in [1.29, 1.82) is 0 Å². The number of rotatable bonds is 7. The number of nitrogens with one attached hydrogen (secondary N) is 1. The Balaban J connectivity index is 1.63. The maximum absolute atomic E-state index is 13.3. The number of hydrogen-bond acceptors (Lipinski definition) is 3. The van der Waals surface area contributed by atoms with Crippen LogP contribution < -0.4 is 5.32 Å². The van der Waals surface area contributed by atoms with E-state index >= 15 is 0 Å². The topological polar surface area (TPSA) is 49.4 Å². The van der Waals surface area contributed by atoms with Gasteiger partial charge in [-0.1, -0.05) is 61.8 Å². The molecule has 1 N–H and O–H groups in total. The van der Waals surface area contributed by atoms with Crippen LogP contribution in [0.1, 0.15) is 36.5 Å². The van der Waals surface area contributed by atoms with E-state index in [1.807, 2.05) is 24.3 Å². The molecule has 4 nitrogen and oxygen atoms in total. The molecule has 168 valence electrons. The van der Waals surface area contributed by atoms with Crippen LogP contribution in [-0.2, 0) is 16.0 Å². The van der Waals surface area contributed by atoms with Crippen LogP contribution in [0.4, 0.5) is 10.1 Å². The van der Waals surface area contributed by atoms with E-state index in [4.69, 9.17) is 11.6 Å². The zero-order chi connectivity index (χ0) is 23.5. The lowest BCUT2D eigenvalue weighted by molar-refractivity contribution is -0.136. The zero-order valence-corrected chi connectivity index (χ0v) is 19.2. The molecule has 0 spiro atoms. The second kappa shape index (κ2) is 9.59. The van der Waals surface area contributed by atoms with Crippen molar-refractivity contribution in [2.24, 2.45) is 0 Å². The summed E-state index contributed by atoms with van der Waals surface area (Å²) in [5.74, 6) is -0.695. The molecule has 0 fully saturated rings. The fraction of sp³-hybridized carbons (Fsp3) is 0.185. The highest BCUT2D eigenvalue weighted by atomic mass is 35.5. The van der Waals surface area contributed by atoms with Gasteiger partial charge in [0, 0.05) is 17.3 Å². The lowest BCUT2D eigenvalue weighted by atomic mass is 10.0. The van der Waals surface area contributed by atoms with E-state index in [-0.39, 0.29) is 29.9 Å². The molecular formula is C27H24ClFN2O2. The fourth-order valence-electron chi connectivity index (χ4n) is 3.77. The number of halogens is 2. The minimum Gasteiger partial charge on any atom is -0.350 e. The van der Waals surface area contributed by atoms with Gasteiger partial charge in [0.25, 0.3) is 11.8 Å². The number of anilines is 1. The summed E-state index contributed by atoms with van der Waals surface area (Å²) in [5.41, 5.74) is 3.91. The first kappa shape index (κ1) is 22.7. The van der Waals surface area contributed by atoms with Crippen molar-refractivity contribution in [1.82, 2.24) is 4.90 Å².